The standard InChI is InChI=1S/C21H25NO3/c1-5-15(2)17-8-10-18(11-9-17)22-21(23)13-7-16-6-12-19(24-3)20(14-16)25-4/h6-15H,5H2,1-4H3,(H,22,23)/b13-7+/t15-/m1/s1. The van der Waals surface area contributed by atoms with Crippen molar-refractivity contribution >= 4 is 17.7 Å². The van der Waals surface area contributed by atoms with E-state index in [1.165, 1.54) is 11.6 Å². The minimum absolute atomic E-state index is 0.175. The summed E-state index contributed by atoms with van der Waals surface area (Å²) in [5.41, 5.74) is 2.93. The highest BCUT2D eigenvalue weighted by molar-refractivity contribution is 6.01. The Morgan fingerprint density at radius 2 is 1.76 bits per heavy atom. The summed E-state index contributed by atoms with van der Waals surface area (Å²) in [6.07, 6.45) is 4.34. The van der Waals surface area contributed by atoms with Gasteiger partial charge in [-0.1, -0.05) is 32.0 Å². The lowest BCUT2D eigenvalue weighted by molar-refractivity contribution is -0.111. The molecule has 0 spiro atoms. The maximum atomic E-state index is 12.1. The smallest absolute Gasteiger partial charge is 0.248 e. The van der Waals surface area contributed by atoms with Gasteiger partial charge in [0.2, 0.25) is 5.91 Å². The summed E-state index contributed by atoms with van der Waals surface area (Å²) in [7, 11) is 3.18. The summed E-state index contributed by atoms with van der Waals surface area (Å²) >= 11 is 0. The highest BCUT2D eigenvalue weighted by Crippen LogP contribution is 2.28. The van der Waals surface area contributed by atoms with Gasteiger partial charge in [0.1, 0.15) is 0 Å². The molecule has 0 aliphatic rings. The summed E-state index contributed by atoms with van der Waals surface area (Å²) < 4.78 is 10.5. The van der Waals surface area contributed by atoms with Crippen LogP contribution in [0, 0.1) is 0 Å². The van der Waals surface area contributed by atoms with Crippen LogP contribution in [0.4, 0.5) is 5.69 Å². The van der Waals surface area contributed by atoms with Crippen molar-refractivity contribution < 1.29 is 14.3 Å². The number of carbonyl (C=O) groups excluding carboxylic acids is 1. The Bertz CT molecular complexity index is 735. The van der Waals surface area contributed by atoms with Gasteiger partial charge < -0.3 is 14.8 Å². The van der Waals surface area contributed by atoms with Crippen molar-refractivity contribution in [2.45, 2.75) is 26.2 Å². The molecule has 1 N–H and O–H groups in total. The maximum absolute atomic E-state index is 12.1. The molecule has 1 atom stereocenters. The first-order chi connectivity index (χ1) is 12.1. The van der Waals surface area contributed by atoms with Gasteiger partial charge in [0, 0.05) is 11.8 Å². The summed E-state index contributed by atoms with van der Waals surface area (Å²) in [6.45, 7) is 4.36. The number of benzene rings is 2. The molecule has 1 amide bonds. The van der Waals surface area contributed by atoms with E-state index in [2.05, 4.69) is 31.3 Å². The molecule has 2 aromatic rings. The van der Waals surface area contributed by atoms with Crippen molar-refractivity contribution in [3.8, 4) is 11.5 Å². The molecule has 0 aliphatic heterocycles. The molecule has 132 valence electrons. The molecular weight excluding hydrogens is 314 g/mol. The van der Waals surface area contributed by atoms with Crippen molar-refractivity contribution in [3.63, 3.8) is 0 Å². The van der Waals surface area contributed by atoms with Gasteiger partial charge in [-0.25, -0.2) is 0 Å². The monoisotopic (exact) mass is 339 g/mol. The van der Waals surface area contributed by atoms with Gasteiger partial charge in [-0.15, -0.1) is 0 Å². The molecule has 2 aromatic carbocycles. The number of carbonyl (C=O) groups is 1. The van der Waals surface area contributed by atoms with Crippen molar-refractivity contribution in [2.24, 2.45) is 0 Å². The molecule has 0 fully saturated rings. The molecule has 0 bridgehead atoms. The second-order valence-corrected chi connectivity index (χ2v) is 5.87. The number of hydrogen-bond acceptors (Lipinski definition) is 3. The number of amides is 1. The molecular formula is C21H25NO3. The average molecular weight is 339 g/mol. The number of ether oxygens (including phenoxy) is 2. The Morgan fingerprint density at radius 3 is 2.36 bits per heavy atom. The van der Waals surface area contributed by atoms with E-state index < -0.39 is 0 Å². The second kappa shape index (κ2) is 8.92. The van der Waals surface area contributed by atoms with Crippen LogP contribution in [0.2, 0.25) is 0 Å². The van der Waals surface area contributed by atoms with Crippen LogP contribution in [0.1, 0.15) is 37.3 Å². The lowest BCUT2D eigenvalue weighted by Gasteiger charge is -2.10. The van der Waals surface area contributed by atoms with Crippen molar-refractivity contribution in [3.05, 3.63) is 59.7 Å². The number of nitrogens with one attached hydrogen (secondary N) is 1. The first-order valence-electron chi connectivity index (χ1n) is 8.38. The largest absolute Gasteiger partial charge is 0.493 e. The zero-order chi connectivity index (χ0) is 18.2. The highest BCUT2D eigenvalue weighted by atomic mass is 16.5. The van der Waals surface area contributed by atoms with Gasteiger partial charge in [0.05, 0.1) is 14.2 Å². The third-order valence-corrected chi connectivity index (χ3v) is 4.19. The Hall–Kier alpha value is -2.75. The molecule has 2 rings (SSSR count). The van der Waals surface area contributed by atoms with E-state index in [1.54, 1.807) is 20.3 Å². The fourth-order valence-electron chi connectivity index (χ4n) is 2.44. The molecule has 0 saturated heterocycles. The third kappa shape index (κ3) is 5.11. The lowest BCUT2D eigenvalue weighted by atomic mass is 9.99. The first-order valence-corrected chi connectivity index (χ1v) is 8.38. The minimum atomic E-state index is -0.175. The van der Waals surface area contributed by atoms with Crippen molar-refractivity contribution in [1.82, 2.24) is 0 Å². The SMILES string of the molecule is CC[C@@H](C)c1ccc(NC(=O)/C=C/c2ccc(OC)c(OC)c2)cc1. The van der Waals surface area contributed by atoms with Gasteiger partial charge >= 0.3 is 0 Å². The van der Waals surface area contributed by atoms with Gasteiger partial charge in [-0.3, -0.25) is 4.79 Å². The van der Waals surface area contributed by atoms with Crippen LogP contribution < -0.4 is 14.8 Å². The molecule has 0 heterocycles. The van der Waals surface area contributed by atoms with Gasteiger partial charge in [-0.2, -0.15) is 0 Å². The van der Waals surface area contributed by atoms with E-state index in [9.17, 15) is 4.79 Å². The quantitative estimate of drug-likeness (QED) is 0.732. The Morgan fingerprint density at radius 1 is 1.08 bits per heavy atom. The first kappa shape index (κ1) is 18.6. The molecule has 0 aliphatic carbocycles. The van der Waals surface area contributed by atoms with E-state index in [0.717, 1.165) is 17.7 Å². The molecule has 0 saturated carbocycles. The fourth-order valence-corrected chi connectivity index (χ4v) is 2.44. The minimum Gasteiger partial charge on any atom is -0.493 e. The number of methoxy groups -OCH3 is 2. The van der Waals surface area contributed by atoms with E-state index in [-0.39, 0.29) is 5.91 Å². The Kier molecular flexibility index (Phi) is 6.63. The normalized spacial score (nSPS) is 12.0. The molecule has 0 unspecified atom stereocenters. The van der Waals surface area contributed by atoms with Crippen LogP contribution in [0.15, 0.2) is 48.5 Å². The van der Waals surface area contributed by atoms with Crippen LogP contribution in [0.3, 0.4) is 0 Å². The Balaban J connectivity index is 2.01. The fraction of sp³-hybridized carbons (Fsp3) is 0.286. The number of anilines is 1. The van der Waals surface area contributed by atoms with E-state index >= 15 is 0 Å². The Labute approximate surface area is 149 Å². The molecule has 0 aromatic heterocycles. The number of rotatable bonds is 7. The van der Waals surface area contributed by atoms with E-state index in [4.69, 9.17) is 9.47 Å². The van der Waals surface area contributed by atoms with Crippen LogP contribution in [0.5, 0.6) is 11.5 Å². The van der Waals surface area contributed by atoms with E-state index in [0.29, 0.717) is 17.4 Å². The van der Waals surface area contributed by atoms with Crippen LogP contribution in [-0.4, -0.2) is 20.1 Å². The summed E-state index contributed by atoms with van der Waals surface area (Å²) in [5, 5.41) is 2.87. The van der Waals surface area contributed by atoms with Crippen LogP contribution >= 0.6 is 0 Å². The topological polar surface area (TPSA) is 47.6 Å². The van der Waals surface area contributed by atoms with Gasteiger partial charge in [0.25, 0.3) is 0 Å². The third-order valence-electron chi connectivity index (χ3n) is 4.19. The van der Waals surface area contributed by atoms with Crippen molar-refractivity contribution in [2.75, 3.05) is 19.5 Å². The lowest BCUT2D eigenvalue weighted by Crippen LogP contribution is -2.07. The summed E-state index contributed by atoms with van der Waals surface area (Å²) in [6, 6.07) is 13.5. The average Bonchev–Trinajstić information content (AvgIpc) is 2.66. The zero-order valence-electron chi connectivity index (χ0n) is 15.2. The second-order valence-electron chi connectivity index (χ2n) is 5.87. The highest BCUT2D eigenvalue weighted by Gasteiger charge is 2.05. The van der Waals surface area contributed by atoms with Crippen LogP contribution in [-0.2, 0) is 4.79 Å². The van der Waals surface area contributed by atoms with Crippen LogP contribution in [0.25, 0.3) is 6.08 Å². The number of hydrogen-bond donors (Lipinski definition) is 1. The molecule has 25 heavy (non-hydrogen) atoms. The summed E-state index contributed by atoms with van der Waals surface area (Å²) in [4.78, 5) is 12.1. The molecule has 4 nitrogen and oxygen atoms in total. The van der Waals surface area contributed by atoms with Gasteiger partial charge in [0.15, 0.2) is 11.5 Å². The van der Waals surface area contributed by atoms with Crippen molar-refractivity contribution in [1.29, 1.82) is 0 Å². The predicted molar refractivity (Wildman–Crippen MR) is 102 cm³/mol. The molecule has 0 radical (unpaired) electrons. The zero-order valence-corrected chi connectivity index (χ0v) is 15.2. The maximum Gasteiger partial charge on any atom is 0.248 e. The molecule has 4 heteroatoms. The summed E-state index contributed by atoms with van der Waals surface area (Å²) in [5.74, 6) is 1.64. The van der Waals surface area contributed by atoms with Gasteiger partial charge in [-0.05, 0) is 53.8 Å². The van der Waals surface area contributed by atoms with E-state index in [1.807, 2.05) is 30.3 Å². The predicted octanol–water partition coefficient (Wildman–Crippen LogP) is 4.87.